The topological polar surface area (TPSA) is 69.3 Å². The van der Waals surface area contributed by atoms with Crippen molar-refractivity contribution < 1.29 is 5.73 Å². The monoisotopic (exact) mass is 285 g/mol. The molecule has 4 nitrogen and oxygen atoms in total. The first-order valence-electron chi connectivity index (χ1n) is 7.24. The van der Waals surface area contributed by atoms with Crippen LogP contribution in [-0.2, 0) is 0 Å². The minimum atomic E-state index is 0.489. The molecule has 0 amide bonds. The number of quaternary nitrogens is 1. The summed E-state index contributed by atoms with van der Waals surface area (Å²) in [5.41, 5.74) is 11.7. The molecule has 2 aromatic rings. The van der Waals surface area contributed by atoms with Gasteiger partial charge in [0.15, 0.2) is 12.5 Å². The maximum Gasteiger partial charge on any atom is 0.170 e. The molecule has 0 saturated carbocycles. The van der Waals surface area contributed by atoms with Crippen molar-refractivity contribution in [1.82, 2.24) is 0 Å². The van der Waals surface area contributed by atoms with E-state index in [4.69, 9.17) is 5.73 Å². The van der Waals surface area contributed by atoms with E-state index in [9.17, 15) is 0 Å². The van der Waals surface area contributed by atoms with Crippen LogP contribution in [0.2, 0.25) is 0 Å². The lowest BCUT2D eigenvalue weighted by molar-refractivity contribution is -0.366. The Morgan fingerprint density at radius 1 is 1.00 bits per heavy atom. The summed E-state index contributed by atoms with van der Waals surface area (Å²) < 4.78 is 0. The molecule has 2 rings (SSSR count). The largest absolute Gasteiger partial charge is 0.382 e. The molecule has 21 heavy (non-hydrogen) atoms. The van der Waals surface area contributed by atoms with E-state index in [0.717, 1.165) is 11.3 Å². The lowest BCUT2D eigenvalue weighted by Gasteiger charge is -2.15. The van der Waals surface area contributed by atoms with Gasteiger partial charge in [0.25, 0.3) is 0 Å². The number of nitrogens with two attached hydrogens (primary N) is 1. The van der Waals surface area contributed by atoms with Crippen molar-refractivity contribution >= 4 is 11.5 Å². The predicted molar refractivity (Wildman–Crippen MR) is 89.8 cm³/mol. The molecule has 0 aliphatic carbocycles. The van der Waals surface area contributed by atoms with E-state index < -0.39 is 0 Å². The molecule has 5 N–H and O–H groups in total. The van der Waals surface area contributed by atoms with E-state index in [2.05, 4.69) is 24.7 Å². The fourth-order valence-corrected chi connectivity index (χ4v) is 1.63. The summed E-state index contributed by atoms with van der Waals surface area (Å²) >= 11 is 0. The van der Waals surface area contributed by atoms with Crippen LogP contribution in [0.25, 0.3) is 0 Å². The van der Waals surface area contributed by atoms with Gasteiger partial charge in [0.1, 0.15) is 0 Å². The highest BCUT2D eigenvalue weighted by Crippen LogP contribution is 2.12. The molecule has 0 heterocycles. The van der Waals surface area contributed by atoms with Crippen molar-refractivity contribution in [2.24, 2.45) is 10.8 Å². The maximum absolute atomic E-state index is 5.99. The summed E-state index contributed by atoms with van der Waals surface area (Å²) in [5, 5.41) is 6.18. The highest BCUT2D eigenvalue weighted by molar-refractivity contribution is 5.97. The van der Waals surface area contributed by atoms with Gasteiger partial charge >= 0.3 is 0 Å². The molecule has 0 fully saturated rings. The quantitative estimate of drug-likeness (QED) is 0.392. The number of hydrazone groups is 1. The first kappa shape index (κ1) is 16.7. The number of hydrogen-bond donors (Lipinski definition) is 2. The van der Waals surface area contributed by atoms with E-state index in [1.165, 1.54) is 6.42 Å². The summed E-state index contributed by atoms with van der Waals surface area (Å²) in [7, 11) is 0. The molecule has 112 valence electrons. The van der Waals surface area contributed by atoms with Crippen molar-refractivity contribution in [3.05, 3.63) is 66.2 Å². The molecule has 2 aromatic carbocycles. The second kappa shape index (κ2) is 9.55. The van der Waals surface area contributed by atoms with Gasteiger partial charge in [-0.2, -0.15) is 0 Å². The first-order chi connectivity index (χ1) is 10.2. The average molecular weight is 285 g/mol. The second-order valence-corrected chi connectivity index (χ2v) is 4.52. The Bertz CT molecular complexity index is 523. The van der Waals surface area contributed by atoms with E-state index >= 15 is 0 Å². The number of anilines is 1. The van der Waals surface area contributed by atoms with Gasteiger partial charge < -0.3 is 11.5 Å². The Morgan fingerprint density at radius 3 is 1.95 bits per heavy atom. The molecule has 0 aliphatic heterocycles. The highest BCUT2D eigenvalue weighted by atomic mass is 15.5. The van der Waals surface area contributed by atoms with Crippen LogP contribution >= 0.6 is 0 Å². The smallest absolute Gasteiger partial charge is 0.170 e. The molecule has 0 aliphatic rings. The number of rotatable bonds is 4. The molecule has 0 atom stereocenters. The van der Waals surface area contributed by atoms with Crippen LogP contribution in [-0.4, -0.2) is 12.5 Å². The fraction of sp³-hybridized carbons (Fsp3) is 0.235. The predicted octanol–water partition coefficient (Wildman–Crippen LogP) is 2.43. The van der Waals surface area contributed by atoms with Gasteiger partial charge in [-0.15, -0.1) is 5.10 Å². The Morgan fingerprint density at radius 2 is 1.48 bits per heavy atom. The zero-order valence-corrected chi connectivity index (χ0v) is 12.9. The Balaban J connectivity index is 0.000000677. The Kier molecular flexibility index (Phi) is 7.61. The third-order valence-electron chi connectivity index (χ3n) is 2.56. The molecule has 0 unspecified atom stereocenters. The van der Waals surface area contributed by atoms with Crippen molar-refractivity contribution in [3.63, 3.8) is 0 Å². The summed E-state index contributed by atoms with van der Waals surface area (Å²) in [6.45, 7) is 4.78. The molecule has 4 heteroatoms. The molecule has 0 spiro atoms. The normalized spacial score (nSPS) is 10.5. The molecule has 0 aromatic heterocycles. The summed E-state index contributed by atoms with van der Waals surface area (Å²) in [6, 6.07) is 19.6. The lowest BCUT2D eigenvalue weighted by Crippen LogP contribution is -2.57. The fourth-order valence-electron chi connectivity index (χ4n) is 1.63. The number of hydrogen-bond acceptors (Lipinski definition) is 2. The van der Waals surface area contributed by atoms with Crippen molar-refractivity contribution in [1.29, 1.82) is 0 Å². The van der Waals surface area contributed by atoms with Crippen LogP contribution < -0.4 is 16.5 Å². The number of benzene rings is 2. The summed E-state index contributed by atoms with van der Waals surface area (Å²) in [6.07, 6.45) is 1.25. The van der Waals surface area contributed by atoms with E-state index in [1.54, 1.807) is 5.01 Å². The van der Waals surface area contributed by atoms with Gasteiger partial charge in [0, 0.05) is 5.56 Å². The van der Waals surface area contributed by atoms with Gasteiger partial charge in [0.05, 0.1) is 5.69 Å². The number of para-hydroxylation sites is 1. The highest BCUT2D eigenvalue weighted by Gasteiger charge is 2.05. The Hall–Kier alpha value is -2.33. The summed E-state index contributed by atoms with van der Waals surface area (Å²) in [5.74, 6) is 0.489. The first-order valence-corrected chi connectivity index (χ1v) is 7.24. The van der Waals surface area contributed by atoms with Crippen LogP contribution in [0.3, 0.4) is 0 Å². The number of nitrogens with zero attached hydrogens (tertiary/aromatic N) is 2. The summed E-state index contributed by atoms with van der Waals surface area (Å²) in [4.78, 5) is 0. The van der Waals surface area contributed by atoms with E-state index in [-0.39, 0.29) is 0 Å². The zero-order valence-electron chi connectivity index (χ0n) is 12.9. The number of amidine groups is 1. The standard InChI is InChI=1S/C14H16N4.C3H8/c15-11-18(13-9-5-2-6-10-13)17-14(16)12-7-3-1-4-8-12;1-3-2/h1-10H,11,15H2,(H2,16,17);3H2,1-2H3/p+1. The molecular formula is C17H25N4+. The lowest BCUT2D eigenvalue weighted by atomic mass is 10.2. The minimum Gasteiger partial charge on any atom is -0.382 e. The van der Waals surface area contributed by atoms with Crippen LogP contribution in [0.5, 0.6) is 0 Å². The van der Waals surface area contributed by atoms with Crippen molar-refractivity contribution in [2.75, 3.05) is 11.7 Å². The third-order valence-corrected chi connectivity index (χ3v) is 2.56. The minimum absolute atomic E-state index is 0.489. The van der Waals surface area contributed by atoms with Crippen LogP contribution in [0.4, 0.5) is 5.69 Å². The second-order valence-electron chi connectivity index (χ2n) is 4.52. The molecular weight excluding hydrogens is 260 g/mol. The Labute approximate surface area is 127 Å². The van der Waals surface area contributed by atoms with Gasteiger partial charge in [0.2, 0.25) is 0 Å². The van der Waals surface area contributed by atoms with E-state index in [1.807, 2.05) is 60.7 Å². The van der Waals surface area contributed by atoms with Gasteiger partial charge in [-0.25, -0.2) is 5.01 Å². The van der Waals surface area contributed by atoms with Crippen molar-refractivity contribution in [2.45, 2.75) is 20.3 Å². The van der Waals surface area contributed by atoms with Gasteiger partial charge in [-0.05, 0) is 12.1 Å². The van der Waals surface area contributed by atoms with Crippen LogP contribution in [0, 0.1) is 0 Å². The van der Waals surface area contributed by atoms with Crippen LogP contribution in [0.1, 0.15) is 25.8 Å². The molecule has 0 bridgehead atoms. The maximum atomic E-state index is 5.99. The zero-order chi connectivity index (χ0) is 15.5. The van der Waals surface area contributed by atoms with Crippen molar-refractivity contribution in [3.8, 4) is 0 Å². The third kappa shape index (κ3) is 5.67. The molecule has 0 saturated heterocycles. The average Bonchev–Trinajstić information content (AvgIpc) is 2.55. The van der Waals surface area contributed by atoms with Gasteiger partial charge in [-0.1, -0.05) is 68.8 Å². The molecule has 0 radical (unpaired) electrons. The van der Waals surface area contributed by atoms with E-state index in [0.29, 0.717) is 12.5 Å². The van der Waals surface area contributed by atoms with Gasteiger partial charge in [-0.3, -0.25) is 0 Å². The SMILES string of the molecule is CCC.N/C(=N\N(C[NH3+])c1ccccc1)c1ccccc1. The van der Waals surface area contributed by atoms with Crippen LogP contribution in [0.15, 0.2) is 65.8 Å².